The molecule has 6 nitrogen and oxygen atoms in total. The van der Waals surface area contributed by atoms with Gasteiger partial charge in [-0.05, 0) is 0 Å². The third kappa shape index (κ3) is 2.93. The van der Waals surface area contributed by atoms with Crippen LogP contribution in [0, 0.1) is 0 Å². The molecule has 0 aliphatic carbocycles. The molecule has 0 saturated carbocycles. The van der Waals surface area contributed by atoms with Crippen molar-refractivity contribution in [2.45, 2.75) is 19.1 Å². The Kier molecular flexibility index (Phi) is 3.11. The molecule has 0 spiro atoms. The number of hydrogen-bond donors (Lipinski definition) is 0. The summed E-state index contributed by atoms with van der Waals surface area (Å²) < 4.78 is 10.1. The topological polar surface area (TPSA) is 65.7 Å². The van der Waals surface area contributed by atoms with Crippen LogP contribution in [0.4, 0.5) is 4.79 Å². The zero-order chi connectivity index (χ0) is 11.7. The van der Waals surface area contributed by atoms with Gasteiger partial charge >= 0.3 is 6.03 Å². The fraction of sp³-hybridized carbons (Fsp3) is 0.800. The molecule has 0 aromatic heterocycles. The number of rotatable bonds is 4. The van der Waals surface area contributed by atoms with Crippen LogP contribution in [0.3, 0.4) is 0 Å². The van der Waals surface area contributed by atoms with Gasteiger partial charge in [0.15, 0.2) is 0 Å². The molecule has 0 aromatic carbocycles. The lowest BCUT2D eigenvalue weighted by molar-refractivity contribution is -0.126. The first-order valence-electron chi connectivity index (χ1n) is 5.34. The highest BCUT2D eigenvalue weighted by atomic mass is 16.6. The predicted octanol–water partition coefficient (Wildman–Crippen LogP) is -0.316. The van der Waals surface area contributed by atoms with Crippen LogP contribution >= 0.6 is 0 Å². The number of likely N-dealkylation sites (N-methyl/N-ethyl adjacent to an activating group) is 1. The van der Waals surface area contributed by atoms with Crippen molar-refractivity contribution in [1.29, 1.82) is 0 Å². The molecule has 3 amide bonds. The van der Waals surface area contributed by atoms with E-state index in [2.05, 4.69) is 0 Å². The summed E-state index contributed by atoms with van der Waals surface area (Å²) in [7, 11) is 1.67. The van der Waals surface area contributed by atoms with Gasteiger partial charge in [-0.3, -0.25) is 9.69 Å². The van der Waals surface area contributed by atoms with Crippen molar-refractivity contribution >= 4 is 11.9 Å². The molecule has 2 fully saturated rings. The molecule has 16 heavy (non-hydrogen) atoms. The maximum atomic E-state index is 11.9. The Labute approximate surface area is 94.1 Å². The summed E-state index contributed by atoms with van der Waals surface area (Å²) in [5.41, 5.74) is 0. The summed E-state index contributed by atoms with van der Waals surface area (Å²) in [5, 5.41) is 0. The van der Waals surface area contributed by atoms with Crippen LogP contribution in [-0.2, 0) is 14.3 Å². The molecule has 2 unspecified atom stereocenters. The first-order valence-corrected chi connectivity index (χ1v) is 5.34. The maximum absolute atomic E-state index is 11.9. The van der Waals surface area contributed by atoms with Gasteiger partial charge in [-0.15, -0.1) is 0 Å². The average molecular weight is 228 g/mol. The first-order chi connectivity index (χ1) is 7.58. The zero-order valence-electron chi connectivity index (χ0n) is 9.51. The monoisotopic (exact) mass is 228 g/mol. The molecule has 2 aliphatic heterocycles. The Morgan fingerprint density at radius 1 is 1.19 bits per heavy atom. The highest BCUT2D eigenvalue weighted by Gasteiger charge is 2.33. The van der Waals surface area contributed by atoms with Gasteiger partial charge in [0.1, 0.15) is 0 Å². The number of imide groups is 1. The van der Waals surface area contributed by atoms with Crippen molar-refractivity contribution in [3.05, 3.63) is 0 Å². The number of hydrogen-bond acceptors (Lipinski definition) is 4. The quantitative estimate of drug-likeness (QED) is 0.619. The van der Waals surface area contributed by atoms with E-state index in [0.717, 1.165) is 0 Å². The number of nitrogens with zero attached hydrogens (tertiary/aromatic N) is 2. The molecule has 2 aliphatic rings. The van der Waals surface area contributed by atoms with Gasteiger partial charge in [0.2, 0.25) is 5.91 Å². The summed E-state index contributed by atoms with van der Waals surface area (Å²) in [6.07, 6.45) is 0.165. The Bertz CT molecular complexity index is 299. The number of carbonyl (C=O) groups excluding carboxylic acids is 2. The number of epoxide rings is 2. The lowest BCUT2D eigenvalue weighted by atomic mass is 10.4. The second-order valence-corrected chi connectivity index (χ2v) is 4.20. The molecule has 2 heterocycles. The zero-order valence-corrected chi connectivity index (χ0v) is 9.51. The Hall–Kier alpha value is -1.14. The van der Waals surface area contributed by atoms with Gasteiger partial charge in [0.05, 0.1) is 38.5 Å². The number of ether oxygens (including phenoxy) is 2. The van der Waals surface area contributed by atoms with Crippen LogP contribution in [0.5, 0.6) is 0 Å². The van der Waals surface area contributed by atoms with Crippen LogP contribution < -0.4 is 0 Å². The molecule has 2 saturated heterocycles. The maximum Gasteiger partial charge on any atom is 0.326 e. The van der Waals surface area contributed by atoms with E-state index in [4.69, 9.17) is 9.47 Å². The molecular formula is C10H16N2O4. The van der Waals surface area contributed by atoms with E-state index in [9.17, 15) is 9.59 Å². The highest BCUT2D eigenvalue weighted by molar-refractivity contribution is 5.93. The second-order valence-electron chi connectivity index (χ2n) is 4.20. The van der Waals surface area contributed by atoms with Crippen LogP contribution in [0.1, 0.15) is 6.92 Å². The average Bonchev–Trinajstić information content (AvgIpc) is 3.07. The lowest BCUT2D eigenvalue weighted by Crippen LogP contribution is -2.46. The molecule has 0 bridgehead atoms. The first kappa shape index (κ1) is 11.3. The Morgan fingerprint density at radius 3 is 2.12 bits per heavy atom. The molecule has 90 valence electrons. The number of urea groups is 1. The summed E-state index contributed by atoms with van der Waals surface area (Å²) in [6.45, 7) is 3.61. The van der Waals surface area contributed by atoms with Crippen LogP contribution in [0.2, 0.25) is 0 Å². The van der Waals surface area contributed by atoms with Gasteiger partial charge in [0, 0.05) is 14.0 Å². The van der Waals surface area contributed by atoms with Crippen molar-refractivity contribution in [2.24, 2.45) is 0 Å². The van der Waals surface area contributed by atoms with E-state index in [-0.39, 0.29) is 24.1 Å². The van der Waals surface area contributed by atoms with Crippen LogP contribution in [-0.4, -0.2) is 67.3 Å². The third-order valence-corrected chi connectivity index (χ3v) is 2.61. The van der Waals surface area contributed by atoms with E-state index in [1.54, 1.807) is 7.05 Å². The molecule has 0 N–H and O–H groups in total. The van der Waals surface area contributed by atoms with E-state index < -0.39 is 0 Å². The van der Waals surface area contributed by atoms with Crippen LogP contribution in [0.25, 0.3) is 0 Å². The lowest BCUT2D eigenvalue weighted by Gasteiger charge is -2.24. The van der Waals surface area contributed by atoms with Gasteiger partial charge in [0.25, 0.3) is 0 Å². The minimum Gasteiger partial charge on any atom is -0.371 e. The molecule has 0 radical (unpaired) electrons. The van der Waals surface area contributed by atoms with Crippen molar-refractivity contribution in [2.75, 3.05) is 33.4 Å². The SMILES string of the molecule is CC(=O)N(CC1CO1)C(=O)N(C)CC1CO1. The van der Waals surface area contributed by atoms with Crippen molar-refractivity contribution in [3.8, 4) is 0 Å². The van der Waals surface area contributed by atoms with E-state index in [0.29, 0.717) is 26.3 Å². The molecule has 0 aromatic rings. The van der Waals surface area contributed by atoms with Crippen LogP contribution in [0.15, 0.2) is 0 Å². The van der Waals surface area contributed by atoms with E-state index in [1.807, 2.05) is 0 Å². The molecule has 2 rings (SSSR count). The Balaban J connectivity index is 1.88. The van der Waals surface area contributed by atoms with Crippen molar-refractivity contribution < 1.29 is 19.1 Å². The summed E-state index contributed by atoms with van der Waals surface area (Å²) >= 11 is 0. The highest BCUT2D eigenvalue weighted by Crippen LogP contribution is 2.14. The molecule has 6 heteroatoms. The van der Waals surface area contributed by atoms with Crippen molar-refractivity contribution in [1.82, 2.24) is 9.80 Å². The predicted molar refractivity (Wildman–Crippen MR) is 54.9 cm³/mol. The van der Waals surface area contributed by atoms with Crippen molar-refractivity contribution in [3.63, 3.8) is 0 Å². The fourth-order valence-corrected chi connectivity index (χ4v) is 1.48. The number of carbonyl (C=O) groups is 2. The summed E-state index contributed by atoms with van der Waals surface area (Å²) in [5.74, 6) is -0.246. The molecule has 2 atom stereocenters. The minimum atomic E-state index is -0.279. The van der Waals surface area contributed by atoms with Gasteiger partial charge < -0.3 is 14.4 Å². The van der Waals surface area contributed by atoms with E-state index >= 15 is 0 Å². The van der Waals surface area contributed by atoms with Gasteiger partial charge in [-0.1, -0.05) is 0 Å². The minimum absolute atomic E-state index is 0.0263. The second kappa shape index (κ2) is 4.39. The summed E-state index contributed by atoms with van der Waals surface area (Å²) in [4.78, 5) is 26.0. The summed E-state index contributed by atoms with van der Waals surface area (Å²) in [6, 6.07) is -0.279. The third-order valence-electron chi connectivity index (χ3n) is 2.61. The van der Waals surface area contributed by atoms with Gasteiger partial charge in [-0.2, -0.15) is 0 Å². The largest absolute Gasteiger partial charge is 0.371 e. The molecular weight excluding hydrogens is 212 g/mol. The standard InChI is InChI=1S/C10H16N2O4/c1-7(13)12(4-9-6-16-9)10(14)11(2)3-8-5-15-8/h8-9H,3-6H2,1-2H3. The fourth-order valence-electron chi connectivity index (χ4n) is 1.48. The smallest absolute Gasteiger partial charge is 0.326 e. The number of amides is 3. The van der Waals surface area contributed by atoms with Gasteiger partial charge in [-0.25, -0.2) is 4.79 Å². The van der Waals surface area contributed by atoms with E-state index in [1.165, 1.54) is 16.7 Å². The normalized spacial score (nSPS) is 26.1. The Morgan fingerprint density at radius 2 is 1.69 bits per heavy atom.